The van der Waals surface area contributed by atoms with Gasteiger partial charge < -0.3 is 19.0 Å². The van der Waals surface area contributed by atoms with Gasteiger partial charge in [-0.15, -0.1) is 0 Å². The molecule has 1 aromatic rings. The van der Waals surface area contributed by atoms with Gasteiger partial charge in [0.25, 0.3) is 0 Å². The van der Waals surface area contributed by atoms with Crippen molar-refractivity contribution >= 4 is 6.29 Å². The summed E-state index contributed by atoms with van der Waals surface area (Å²) in [5, 5.41) is 0. The standard InChI is InChI=1S/C16H22O4/c1-12(7-8-17)13-5-6-15(18-2)16(10-13)20-14-4-3-9-19-11-14/h5-6,8,10,12,14H,3-4,7,9,11H2,1-2H3. The average molecular weight is 278 g/mol. The van der Waals surface area contributed by atoms with Crippen molar-refractivity contribution in [2.45, 2.75) is 38.2 Å². The molecule has 0 saturated carbocycles. The van der Waals surface area contributed by atoms with E-state index in [1.807, 2.05) is 25.1 Å². The van der Waals surface area contributed by atoms with E-state index in [9.17, 15) is 4.79 Å². The molecule has 1 aromatic carbocycles. The van der Waals surface area contributed by atoms with Crippen LogP contribution < -0.4 is 9.47 Å². The quantitative estimate of drug-likeness (QED) is 0.750. The Hall–Kier alpha value is -1.55. The molecule has 2 atom stereocenters. The van der Waals surface area contributed by atoms with E-state index in [-0.39, 0.29) is 12.0 Å². The van der Waals surface area contributed by atoms with E-state index in [0.29, 0.717) is 13.0 Å². The molecule has 1 aliphatic rings. The van der Waals surface area contributed by atoms with Crippen LogP contribution >= 0.6 is 0 Å². The van der Waals surface area contributed by atoms with Crippen molar-refractivity contribution in [3.05, 3.63) is 23.8 Å². The van der Waals surface area contributed by atoms with Crippen LogP contribution in [0.4, 0.5) is 0 Å². The van der Waals surface area contributed by atoms with Crippen LogP contribution in [0.3, 0.4) is 0 Å². The number of rotatable bonds is 6. The molecular weight excluding hydrogens is 256 g/mol. The third-order valence-corrected chi connectivity index (χ3v) is 3.62. The number of carbonyl (C=O) groups excluding carboxylic acids is 1. The summed E-state index contributed by atoms with van der Waals surface area (Å²) in [6, 6.07) is 5.86. The zero-order valence-electron chi connectivity index (χ0n) is 12.1. The van der Waals surface area contributed by atoms with E-state index in [2.05, 4.69) is 0 Å². The third-order valence-electron chi connectivity index (χ3n) is 3.62. The third kappa shape index (κ3) is 3.73. The molecule has 1 aliphatic heterocycles. The van der Waals surface area contributed by atoms with Crippen LogP contribution in [0.15, 0.2) is 18.2 Å². The molecule has 4 heteroatoms. The highest BCUT2D eigenvalue weighted by atomic mass is 16.5. The van der Waals surface area contributed by atoms with E-state index in [1.54, 1.807) is 7.11 Å². The number of carbonyl (C=O) groups is 1. The number of aldehydes is 1. The summed E-state index contributed by atoms with van der Waals surface area (Å²) in [7, 11) is 1.63. The van der Waals surface area contributed by atoms with Crippen molar-refractivity contribution in [2.75, 3.05) is 20.3 Å². The summed E-state index contributed by atoms with van der Waals surface area (Å²) in [6.07, 6.45) is 3.56. The van der Waals surface area contributed by atoms with Crippen molar-refractivity contribution in [3.63, 3.8) is 0 Å². The summed E-state index contributed by atoms with van der Waals surface area (Å²) in [5.41, 5.74) is 1.09. The Morgan fingerprint density at radius 1 is 1.45 bits per heavy atom. The number of benzene rings is 1. The molecule has 0 spiro atoms. The first-order valence-electron chi connectivity index (χ1n) is 7.10. The number of ether oxygens (including phenoxy) is 3. The van der Waals surface area contributed by atoms with Crippen LogP contribution in [-0.4, -0.2) is 32.7 Å². The number of hydrogen-bond donors (Lipinski definition) is 0. The normalized spacial score (nSPS) is 20.2. The molecule has 0 N–H and O–H groups in total. The molecular formula is C16H22O4. The summed E-state index contributed by atoms with van der Waals surface area (Å²) in [5.74, 6) is 1.64. The summed E-state index contributed by atoms with van der Waals surface area (Å²) in [6.45, 7) is 3.47. The summed E-state index contributed by atoms with van der Waals surface area (Å²) < 4.78 is 16.8. The van der Waals surface area contributed by atoms with Gasteiger partial charge in [-0.25, -0.2) is 0 Å². The van der Waals surface area contributed by atoms with Gasteiger partial charge in [0.05, 0.1) is 13.7 Å². The van der Waals surface area contributed by atoms with Gasteiger partial charge >= 0.3 is 0 Å². The van der Waals surface area contributed by atoms with Gasteiger partial charge in [-0.1, -0.05) is 13.0 Å². The first-order chi connectivity index (χ1) is 9.74. The second-order valence-electron chi connectivity index (χ2n) is 5.17. The lowest BCUT2D eigenvalue weighted by molar-refractivity contribution is -0.108. The Kier molecular flexibility index (Phi) is 5.41. The van der Waals surface area contributed by atoms with Gasteiger partial charge in [0.15, 0.2) is 11.5 Å². The van der Waals surface area contributed by atoms with Gasteiger partial charge in [0.2, 0.25) is 0 Å². The molecule has 1 fully saturated rings. The van der Waals surface area contributed by atoms with Crippen molar-refractivity contribution < 1.29 is 19.0 Å². The van der Waals surface area contributed by atoms with Crippen molar-refractivity contribution in [3.8, 4) is 11.5 Å². The van der Waals surface area contributed by atoms with Gasteiger partial charge in [-0.2, -0.15) is 0 Å². The average Bonchev–Trinajstić information content (AvgIpc) is 2.48. The molecule has 0 amide bonds. The summed E-state index contributed by atoms with van der Waals surface area (Å²) in [4.78, 5) is 10.6. The predicted octanol–water partition coefficient (Wildman–Crippen LogP) is 2.95. The fraction of sp³-hybridized carbons (Fsp3) is 0.562. The first-order valence-corrected chi connectivity index (χ1v) is 7.10. The molecule has 20 heavy (non-hydrogen) atoms. The van der Waals surface area contributed by atoms with Gasteiger partial charge in [-0.3, -0.25) is 0 Å². The Morgan fingerprint density at radius 2 is 2.30 bits per heavy atom. The minimum absolute atomic E-state index is 0.0780. The van der Waals surface area contributed by atoms with Crippen LogP contribution in [0, 0.1) is 0 Å². The lowest BCUT2D eigenvalue weighted by Gasteiger charge is -2.24. The highest BCUT2D eigenvalue weighted by molar-refractivity contribution is 5.52. The van der Waals surface area contributed by atoms with E-state index in [4.69, 9.17) is 14.2 Å². The van der Waals surface area contributed by atoms with E-state index in [0.717, 1.165) is 42.8 Å². The largest absolute Gasteiger partial charge is 0.493 e. The second-order valence-corrected chi connectivity index (χ2v) is 5.17. The Morgan fingerprint density at radius 3 is 2.95 bits per heavy atom. The van der Waals surface area contributed by atoms with Crippen molar-refractivity contribution in [1.29, 1.82) is 0 Å². The molecule has 1 saturated heterocycles. The Balaban J connectivity index is 2.15. The molecule has 2 rings (SSSR count). The van der Waals surface area contributed by atoms with Crippen LogP contribution in [0.2, 0.25) is 0 Å². The Labute approximate surface area is 120 Å². The smallest absolute Gasteiger partial charge is 0.161 e. The first kappa shape index (κ1) is 14.9. The number of methoxy groups -OCH3 is 1. The second kappa shape index (κ2) is 7.29. The van der Waals surface area contributed by atoms with E-state index >= 15 is 0 Å². The fourth-order valence-corrected chi connectivity index (χ4v) is 2.36. The molecule has 0 aliphatic carbocycles. The SMILES string of the molecule is COc1ccc(C(C)CC=O)cc1OC1CCCOC1. The van der Waals surface area contributed by atoms with E-state index in [1.165, 1.54) is 0 Å². The molecule has 4 nitrogen and oxygen atoms in total. The lowest BCUT2D eigenvalue weighted by atomic mass is 9.98. The van der Waals surface area contributed by atoms with Crippen LogP contribution in [-0.2, 0) is 9.53 Å². The minimum Gasteiger partial charge on any atom is -0.493 e. The molecule has 110 valence electrons. The van der Waals surface area contributed by atoms with Crippen molar-refractivity contribution in [1.82, 2.24) is 0 Å². The van der Waals surface area contributed by atoms with Gasteiger partial charge in [0, 0.05) is 13.0 Å². The maximum absolute atomic E-state index is 10.6. The maximum atomic E-state index is 10.6. The maximum Gasteiger partial charge on any atom is 0.161 e. The van der Waals surface area contributed by atoms with Gasteiger partial charge in [0.1, 0.15) is 12.4 Å². The highest BCUT2D eigenvalue weighted by Crippen LogP contribution is 2.33. The van der Waals surface area contributed by atoms with E-state index < -0.39 is 0 Å². The molecule has 0 radical (unpaired) electrons. The zero-order valence-corrected chi connectivity index (χ0v) is 12.1. The Bertz CT molecular complexity index is 438. The van der Waals surface area contributed by atoms with Crippen molar-refractivity contribution in [2.24, 2.45) is 0 Å². The summed E-state index contributed by atoms with van der Waals surface area (Å²) >= 11 is 0. The monoisotopic (exact) mass is 278 g/mol. The minimum atomic E-state index is 0.0780. The van der Waals surface area contributed by atoms with Gasteiger partial charge in [-0.05, 0) is 36.5 Å². The van der Waals surface area contributed by atoms with Crippen LogP contribution in [0.1, 0.15) is 37.7 Å². The highest BCUT2D eigenvalue weighted by Gasteiger charge is 2.18. The molecule has 2 unspecified atom stereocenters. The number of hydrogen-bond acceptors (Lipinski definition) is 4. The van der Waals surface area contributed by atoms with Crippen LogP contribution in [0.25, 0.3) is 0 Å². The topological polar surface area (TPSA) is 44.8 Å². The predicted molar refractivity (Wildman–Crippen MR) is 76.6 cm³/mol. The van der Waals surface area contributed by atoms with Crippen LogP contribution in [0.5, 0.6) is 11.5 Å². The molecule has 1 heterocycles. The lowest BCUT2D eigenvalue weighted by Crippen LogP contribution is -2.28. The fourth-order valence-electron chi connectivity index (χ4n) is 2.36. The zero-order chi connectivity index (χ0) is 14.4. The molecule has 0 bridgehead atoms. The molecule has 0 aromatic heterocycles.